The van der Waals surface area contributed by atoms with E-state index in [2.05, 4.69) is 5.32 Å². The Morgan fingerprint density at radius 2 is 2.30 bits per heavy atom. The van der Waals surface area contributed by atoms with Gasteiger partial charge < -0.3 is 19.5 Å². The Kier molecular flexibility index (Phi) is 6.46. The number of hydrogen-bond acceptors (Lipinski definition) is 6. The summed E-state index contributed by atoms with van der Waals surface area (Å²) in [5, 5.41) is 5.24. The first-order valence-corrected chi connectivity index (χ1v) is 7.74. The van der Waals surface area contributed by atoms with Crippen LogP contribution in [0.4, 0.5) is 0 Å². The minimum absolute atomic E-state index is 0.193. The molecule has 20 heavy (non-hydrogen) atoms. The summed E-state index contributed by atoms with van der Waals surface area (Å²) in [6.45, 7) is 2.97. The van der Waals surface area contributed by atoms with Crippen LogP contribution in [-0.2, 0) is 25.4 Å². The fraction of sp³-hybridized carbons (Fsp3) is 0.643. The summed E-state index contributed by atoms with van der Waals surface area (Å²) in [6.07, 6.45) is 1.70. The molecular formula is C14H21NO4S. The summed E-state index contributed by atoms with van der Waals surface area (Å²) in [6, 6.07) is 1.70. The fourth-order valence-corrected chi connectivity index (χ4v) is 3.04. The van der Waals surface area contributed by atoms with E-state index in [9.17, 15) is 4.79 Å². The van der Waals surface area contributed by atoms with Crippen LogP contribution in [0.15, 0.2) is 11.4 Å². The molecule has 1 aliphatic rings. The lowest BCUT2D eigenvalue weighted by Gasteiger charge is -2.22. The van der Waals surface area contributed by atoms with Gasteiger partial charge in [0.2, 0.25) is 0 Å². The average molecular weight is 299 g/mol. The van der Waals surface area contributed by atoms with Crippen LogP contribution in [0.2, 0.25) is 0 Å². The zero-order valence-electron chi connectivity index (χ0n) is 11.7. The summed E-state index contributed by atoms with van der Waals surface area (Å²) in [4.78, 5) is 13.3. The first-order valence-electron chi connectivity index (χ1n) is 6.86. The summed E-state index contributed by atoms with van der Waals surface area (Å²) in [5.74, 6) is -0.193. The maximum absolute atomic E-state index is 12.1. The van der Waals surface area contributed by atoms with Crippen molar-refractivity contribution in [3.63, 3.8) is 0 Å². The molecule has 6 heteroatoms. The number of carbonyl (C=O) groups excluding carboxylic acids is 1. The molecule has 0 saturated carbocycles. The van der Waals surface area contributed by atoms with Gasteiger partial charge in [0.15, 0.2) is 0 Å². The molecule has 0 bridgehead atoms. The van der Waals surface area contributed by atoms with Crippen molar-refractivity contribution in [2.24, 2.45) is 0 Å². The van der Waals surface area contributed by atoms with E-state index in [4.69, 9.17) is 14.2 Å². The SMILES string of the molecule is COCCOCCCOC(=O)C1NCCc2sccc21. The van der Waals surface area contributed by atoms with Gasteiger partial charge in [-0.25, -0.2) is 4.79 Å². The van der Waals surface area contributed by atoms with Crippen molar-refractivity contribution in [2.45, 2.75) is 18.9 Å². The second-order valence-electron chi connectivity index (χ2n) is 4.56. The average Bonchev–Trinajstić information content (AvgIpc) is 2.94. The van der Waals surface area contributed by atoms with E-state index < -0.39 is 0 Å². The molecule has 0 fully saturated rings. The van der Waals surface area contributed by atoms with Crippen molar-refractivity contribution in [3.8, 4) is 0 Å². The van der Waals surface area contributed by atoms with Gasteiger partial charge in [-0.2, -0.15) is 0 Å². The molecule has 1 aromatic rings. The third kappa shape index (κ3) is 4.28. The zero-order chi connectivity index (χ0) is 14.2. The number of thiophene rings is 1. The van der Waals surface area contributed by atoms with Gasteiger partial charge in [0, 0.05) is 31.6 Å². The van der Waals surface area contributed by atoms with Gasteiger partial charge in [-0.3, -0.25) is 0 Å². The Hall–Kier alpha value is -0.950. The number of fused-ring (bicyclic) bond motifs is 1. The number of methoxy groups -OCH3 is 1. The van der Waals surface area contributed by atoms with E-state index in [0.29, 0.717) is 32.8 Å². The number of nitrogens with one attached hydrogen (secondary N) is 1. The minimum atomic E-state index is -0.306. The fourth-order valence-electron chi connectivity index (χ4n) is 2.12. The summed E-state index contributed by atoms with van der Waals surface area (Å²) in [7, 11) is 1.64. The molecular weight excluding hydrogens is 278 g/mol. The van der Waals surface area contributed by atoms with Gasteiger partial charge >= 0.3 is 5.97 Å². The minimum Gasteiger partial charge on any atom is -0.464 e. The van der Waals surface area contributed by atoms with E-state index in [0.717, 1.165) is 18.5 Å². The van der Waals surface area contributed by atoms with Crippen molar-refractivity contribution in [3.05, 3.63) is 21.9 Å². The molecule has 0 amide bonds. The molecule has 5 nitrogen and oxygen atoms in total. The van der Waals surface area contributed by atoms with Crippen molar-refractivity contribution in [2.75, 3.05) is 40.1 Å². The summed E-state index contributed by atoms with van der Waals surface area (Å²) >= 11 is 1.71. The van der Waals surface area contributed by atoms with E-state index in [1.165, 1.54) is 4.88 Å². The highest BCUT2D eigenvalue weighted by Crippen LogP contribution is 2.28. The first kappa shape index (κ1) is 15.4. The van der Waals surface area contributed by atoms with Crippen LogP contribution in [0.3, 0.4) is 0 Å². The molecule has 2 rings (SSSR count). The maximum Gasteiger partial charge on any atom is 0.327 e. The lowest BCUT2D eigenvalue weighted by molar-refractivity contribution is -0.147. The van der Waals surface area contributed by atoms with Gasteiger partial charge in [0.1, 0.15) is 6.04 Å². The molecule has 0 aromatic carbocycles. The lowest BCUT2D eigenvalue weighted by atomic mass is 10.0. The van der Waals surface area contributed by atoms with Crippen molar-refractivity contribution >= 4 is 17.3 Å². The molecule has 0 spiro atoms. The highest BCUT2D eigenvalue weighted by atomic mass is 32.1. The van der Waals surface area contributed by atoms with E-state index in [1.54, 1.807) is 18.4 Å². The molecule has 0 saturated heterocycles. The third-order valence-electron chi connectivity index (χ3n) is 3.14. The van der Waals surface area contributed by atoms with Gasteiger partial charge in [-0.05, 0) is 23.4 Å². The van der Waals surface area contributed by atoms with Crippen molar-refractivity contribution in [1.82, 2.24) is 5.32 Å². The number of ether oxygens (including phenoxy) is 3. The van der Waals surface area contributed by atoms with E-state index in [-0.39, 0.29) is 12.0 Å². The molecule has 1 unspecified atom stereocenters. The Morgan fingerprint density at radius 3 is 3.15 bits per heavy atom. The maximum atomic E-state index is 12.1. The van der Waals surface area contributed by atoms with Gasteiger partial charge in [0.05, 0.1) is 19.8 Å². The number of esters is 1. The molecule has 1 aromatic heterocycles. The Labute approximate surface area is 123 Å². The van der Waals surface area contributed by atoms with Gasteiger partial charge in [-0.1, -0.05) is 0 Å². The second kappa shape index (κ2) is 8.36. The van der Waals surface area contributed by atoms with Crippen LogP contribution in [0, 0.1) is 0 Å². The zero-order valence-corrected chi connectivity index (χ0v) is 12.5. The lowest BCUT2D eigenvalue weighted by Crippen LogP contribution is -2.35. The smallest absolute Gasteiger partial charge is 0.327 e. The normalized spacial score (nSPS) is 17.8. The van der Waals surface area contributed by atoms with E-state index >= 15 is 0 Å². The van der Waals surface area contributed by atoms with Gasteiger partial charge in [-0.15, -0.1) is 11.3 Å². The number of rotatable bonds is 8. The molecule has 0 radical (unpaired) electrons. The van der Waals surface area contributed by atoms with Crippen LogP contribution in [0.1, 0.15) is 22.9 Å². The molecule has 1 N–H and O–H groups in total. The number of carbonyl (C=O) groups is 1. The Bertz CT molecular complexity index is 421. The van der Waals surface area contributed by atoms with Crippen LogP contribution < -0.4 is 5.32 Å². The van der Waals surface area contributed by atoms with Crippen LogP contribution in [0.25, 0.3) is 0 Å². The highest BCUT2D eigenvalue weighted by molar-refractivity contribution is 7.10. The molecule has 1 aliphatic heterocycles. The third-order valence-corrected chi connectivity index (χ3v) is 4.13. The summed E-state index contributed by atoms with van der Waals surface area (Å²) < 4.78 is 15.5. The topological polar surface area (TPSA) is 56.8 Å². The van der Waals surface area contributed by atoms with Crippen molar-refractivity contribution < 1.29 is 19.0 Å². The Balaban J connectivity index is 1.66. The molecule has 0 aliphatic carbocycles. The van der Waals surface area contributed by atoms with Crippen LogP contribution in [-0.4, -0.2) is 46.1 Å². The molecule has 112 valence electrons. The quantitative estimate of drug-likeness (QED) is 0.583. The van der Waals surface area contributed by atoms with Gasteiger partial charge in [0.25, 0.3) is 0 Å². The first-order chi connectivity index (χ1) is 9.83. The monoisotopic (exact) mass is 299 g/mol. The van der Waals surface area contributed by atoms with Crippen LogP contribution in [0.5, 0.6) is 0 Å². The predicted octanol–water partition coefficient (Wildman–Crippen LogP) is 1.53. The second-order valence-corrected chi connectivity index (χ2v) is 5.56. The Morgan fingerprint density at radius 1 is 1.40 bits per heavy atom. The van der Waals surface area contributed by atoms with Crippen LogP contribution >= 0.6 is 11.3 Å². The highest BCUT2D eigenvalue weighted by Gasteiger charge is 2.27. The molecule has 2 heterocycles. The predicted molar refractivity (Wildman–Crippen MR) is 77.0 cm³/mol. The standard InChI is InChI=1S/C14H21NO4S/c1-17-8-9-18-6-2-7-19-14(16)13-11-4-10-20-12(11)3-5-15-13/h4,10,13,15H,2-3,5-9H2,1H3. The van der Waals surface area contributed by atoms with E-state index in [1.807, 2.05) is 11.4 Å². The largest absolute Gasteiger partial charge is 0.464 e. The van der Waals surface area contributed by atoms with Crippen molar-refractivity contribution in [1.29, 1.82) is 0 Å². The molecule has 1 atom stereocenters. The summed E-state index contributed by atoms with van der Waals surface area (Å²) in [5.41, 5.74) is 1.07. The number of hydrogen-bond donors (Lipinski definition) is 1.